The molecule has 8 bridgehead atoms. The Hall–Kier alpha value is -6.12. The molecule has 9 rings (SSSR count). The number of aromatic amines is 2. The average molecular weight is 832 g/mol. The molecule has 24 heteroatoms. The van der Waals surface area contributed by atoms with E-state index in [1.54, 1.807) is 0 Å². The first-order valence-electron chi connectivity index (χ1n) is 15.7. The Labute approximate surface area is 314 Å². The van der Waals surface area contributed by atoms with Crippen molar-refractivity contribution in [2.24, 2.45) is 15.4 Å². The first-order chi connectivity index (χ1) is 26.2. The fourth-order valence-electron chi connectivity index (χ4n) is 6.40. The monoisotopic (exact) mass is 831 g/mol. The highest BCUT2D eigenvalue weighted by molar-refractivity contribution is 7.89. The number of benzene rings is 4. The summed E-state index contributed by atoms with van der Waals surface area (Å²) in [4.78, 5) is 32.8. The molecule has 0 aliphatic carbocycles. The molecule has 0 amide bonds. The quantitative estimate of drug-likeness (QED) is 0.138. The summed E-state index contributed by atoms with van der Waals surface area (Å²) in [6, 6.07) is 15.4. The van der Waals surface area contributed by atoms with Crippen LogP contribution in [0.2, 0.25) is 0 Å². The van der Waals surface area contributed by atoms with Gasteiger partial charge in [0.25, 0.3) is 10.1 Å². The maximum atomic E-state index is 12.4. The van der Waals surface area contributed by atoms with Crippen LogP contribution in [0.4, 0.5) is 0 Å². The first-order valence-corrected chi connectivity index (χ1v) is 21.8. The van der Waals surface area contributed by atoms with Crippen LogP contribution < -0.4 is 15.4 Å². The van der Waals surface area contributed by atoms with E-state index >= 15 is 0 Å². The summed E-state index contributed by atoms with van der Waals surface area (Å²) in [6.07, 6.45) is 0. The molecule has 3 aromatic heterocycles. The Morgan fingerprint density at radius 3 is 1.11 bits per heavy atom. The van der Waals surface area contributed by atoms with Crippen LogP contribution in [0.5, 0.6) is 0 Å². The smallest absolute Gasteiger partial charge is 0.294 e. The molecule has 0 atom stereocenters. The Kier molecular flexibility index (Phi) is 7.43. The Morgan fingerprint density at radius 1 is 0.393 bits per heavy atom. The van der Waals surface area contributed by atoms with E-state index in [1.807, 2.05) is 0 Å². The van der Waals surface area contributed by atoms with Crippen LogP contribution in [0.1, 0.15) is 0 Å². The topological polar surface area (TPSA) is 344 Å². The van der Waals surface area contributed by atoms with Crippen molar-refractivity contribution in [1.29, 1.82) is 0 Å². The van der Waals surface area contributed by atoms with Gasteiger partial charge < -0.3 is 9.97 Å². The van der Waals surface area contributed by atoms with Gasteiger partial charge in [0.15, 0.2) is 23.3 Å². The number of H-pyrrole nitrogens is 2. The number of sulfonamides is 3. The van der Waals surface area contributed by atoms with E-state index in [4.69, 9.17) is 30.4 Å². The van der Waals surface area contributed by atoms with Crippen molar-refractivity contribution >= 4 is 84.3 Å². The maximum Gasteiger partial charge on any atom is 0.294 e. The van der Waals surface area contributed by atoms with Crippen LogP contribution in [0, 0.1) is 0 Å². The number of rotatable bonds is 4. The first kappa shape index (κ1) is 35.6. The minimum atomic E-state index is -4.71. The number of fused-ring (bicyclic) bond motifs is 20. The summed E-state index contributed by atoms with van der Waals surface area (Å²) < 4.78 is 109. The van der Waals surface area contributed by atoms with Crippen LogP contribution >= 0.6 is 0 Å². The van der Waals surface area contributed by atoms with Crippen molar-refractivity contribution in [3.8, 4) is 45.6 Å². The lowest BCUT2D eigenvalue weighted by Crippen LogP contribution is -2.12. The fourth-order valence-corrected chi connectivity index (χ4v) is 8.53. The Balaban J connectivity index is 1.50. The molecule has 20 nitrogen and oxygen atoms in total. The van der Waals surface area contributed by atoms with Crippen molar-refractivity contribution < 1.29 is 38.2 Å². The summed E-state index contributed by atoms with van der Waals surface area (Å²) in [5, 5.41) is 17.4. The van der Waals surface area contributed by atoms with Gasteiger partial charge in [-0.3, -0.25) is 4.55 Å². The number of hydrogen-bond donors (Lipinski definition) is 6. The SMILES string of the molecule is NS(=O)(=O)c1ccc2c(c1)-c1nc-2nc2[nH]c(nc3nc(nc4[nH]c(n1)c1ccc(S(N)(=O)=O)cc41)-c1ccc(S(=O)(=O)O)cc1-3)c1ccc(S(N)(=O)=O)cc21. The van der Waals surface area contributed by atoms with Gasteiger partial charge in [0.2, 0.25) is 30.1 Å². The lowest BCUT2D eigenvalue weighted by atomic mass is 10.1. The van der Waals surface area contributed by atoms with Crippen molar-refractivity contribution in [2.45, 2.75) is 19.6 Å². The summed E-state index contributed by atoms with van der Waals surface area (Å²) in [5.74, 6) is -0.179. The molecule has 2 aliphatic rings. The average Bonchev–Trinajstić information content (AvgIpc) is 3.84. The fraction of sp³-hybridized carbons (Fsp3) is 0. The Bertz CT molecular complexity index is 3370. The molecule has 7 aromatic rings. The second kappa shape index (κ2) is 11.7. The van der Waals surface area contributed by atoms with Gasteiger partial charge in [0, 0.05) is 43.8 Å². The van der Waals surface area contributed by atoms with Crippen molar-refractivity contribution in [3.05, 3.63) is 72.8 Å². The van der Waals surface area contributed by atoms with Crippen LogP contribution in [-0.2, 0) is 40.2 Å². The molecule has 2 aliphatic heterocycles. The molecule has 9 N–H and O–H groups in total. The number of nitrogens with one attached hydrogen (secondary N) is 2. The third-order valence-corrected chi connectivity index (χ3v) is 12.6. The zero-order valence-corrected chi connectivity index (χ0v) is 31.0. The van der Waals surface area contributed by atoms with Crippen LogP contribution in [-0.4, -0.2) is 78.1 Å². The molecule has 0 saturated carbocycles. The van der Waals surface area contributed by atoms with Crippen LogP contribution in [0.15, 0.2) is 92.4 Å². The van der Waals surface area contributed by atoms with E-state index in [-0.39, 0.29) is 88.0 Å². The second-order valence-electron chi connectivity index (χ2n) is 12.5. The van der Waals surface area contributed by atoms with Gasteiger partial charge in [0.05, 0.1) is 19.6 Å². The minimum absolute atomic E-state index is 0.00299. The minimum Gasteiger partial charge on any atom is -0.324 e. The molecule has 0 spiro atoms. The molecular formula is C32H21N11O9S4. The van der Waals surface area contributed by atoms with E-state index < -0.39 is 45.1 Å². The molecule has 0 saturated heterocycles. The van der Waals surface area contributed by atoms with E-state index in [0.717, 1.165) is 12.1 Å². The molecule has 4 aromatic carbocycles. The van der Waals surface area contributed by atoms with Gasteiger partial charge in [-0.15, -0.1) is 0 Å². The second-order valence-corrected chi connectivity index (χ2v) is 18.7. The molecule has 56 heavy (non-hydrogen) atoms. The van der Waals surface area contributed by atoms with Crippen LogP contribution in [0.25, 0.3) is 89.7 Å². The Morgan fingerprint density at radius 2 is 0.714 bits per heavy atom. The standard InChI is InChI=1S/C32H21N11O9S4/c33-53(44,45)13-1-5-17-21(9-13)29-36-25(17)38-30-23-11-15(55(35,48)49)3-7-19(23)27(40-30)42-32-24-12-16(56(50,51)52)4-8-20(24)28(43-32)41-31-22-10-14(54(34,46)47)2-6-18(22)26(37-29)39-31/h1-12H,(H2,33,44,45)(H2,34,46,47)(H2,35,48,49)(H,50,51,52)(H2,36,37,38,39,40,41,42,43). The zero-order chi connectivity index (χ0) is 39.7. The highest BCUT2D eigenvalue weighted by Gasteiger charge is 2.26. The van der Waals surface area contributed by atoms with Crippen molar-refractivity contribution in [2.75, 3.05) is 0 Å². The molecule has 5 heterocycles. The molecule has 282 valence electrons. The van der Waals surface area contributed by atoms with E-state index in [2.05, 4.69) is 24.9 Å². The third-order valence-electron chi connectivity index (χ3n) is 9.00. The van der Waals surface area contributed by atoms with Gasteiger partial charge in [-0.2, -0.15) is 8.42 Å². The normalized spacial score (nSPS) is 13.2. The predicted octanol–water partition coefficient (Wildman–Crippen LogP) is 2.06. The van der Waals surface area contributed by atoms with E-state index in [0.29, 0.717) is 16.3 Å². The van der Waals surface area contributed by atoms with Gasteiger partial charge in [-0.05, 0) is 72.8 Å². The molecule has 0 fully saturated rings. The molecule has 0 radical (unpaired) electrons. The predicted molar refractivity (Wildman–Crippen MR) is 200 cm³/mol. The van der Waals surface area contributed by atoms with Crippen molar-refractivity contribution in [3.63, 3.8) is 0 Å². The number of nitrogens with zero attached hydrogens (tertiary/aromatic N) is 6. The molecular weight excluding hydrogens is 811 g/mol. The highest BCUT2D eigenvalue weighted by Crippen LogP contribution is 2.39. The number of primary sulfonamides is 3. The van der Waals surface area contributed by atoms with Gasteiger partial charge in [-0.1, -0.05) is 0 Å². The summed E-state index contributed by atoms with van der Waals surface area (Å²) in [5.41, 5.74) is 1.06. The van der Waals surface area contributed by atoms with Gasteiger partial charge in [-0.25, -0.2) is 70.6 Å². The lowest BCUT2D eigenvalue weighted by molar-refractivity contribution is 0.483. The van der Waals surface area contributed by atoms with Crippen molar-refractivity contribution in [1.82, 2.24) is 39.9 Å². The maximum absolute atomic E-state index is 12.4. The number of nitrogens with two attached hydrogens (primary N) is 3. The number of hydrogen-bond acceptors (Lipinski definition) is 14. The third kappa shape index (κ3) is 5.87. The van der Waals surface area contributed by atoms with Crippen LogP contribution in [0.3, 0.4) is 0 Å². The summed E-state index contributed by atoms with van der Waals surface area (Å²) >= 11 is 0. The van der Waals surface area contributed by atoms with Gasteiger partial charge in [0.1, 0.15) is 22.6 Å². The molecule has 0 unspecified atom stereocenters. The zero-order valence-electron chi connectivity index (χ0n) is 27.7. The largest absolute Gasteiger partial charge is 0.324 e. The van der Waals surface area contributed by atoms with E-state index in [9.17, 15) is 38.2 Å². The number of aromatic nitrogens is 8. The summed E-state index contributed by atoms with van der Waals surface area (Å²) in [6.45, 7) is 0. The highest BCUT2D eigenvalue weighted by atomic mass is 32.2. The summed E-state index contributed by atoms with van der Waals surface area (Å²) in [7, 11) is -17.3. The lowest BCUT2D eigenvalue weighted by Gasteiger charge is -2.02. The van der Waals surface area contributed by atoms with E-state index in [1.165, 1.54) is 60.7 Å². The van der Waals surface area contributed by atoms with Gasteiger partial charge >= 0.3 is 0 Å².